The van der Waals surface area contributed by atoms with Gasteiger partial charge in [0.05, 0.1) is 6.04 Å². The number of carbonyl (C=O) groups excluding carboxylic acids is 2. The molecule has 0 aromatic carbocycles. The number of hydrogen-bond donors (Lipinski definition) is 2. The van der Waals surface area contributed by atoms with Crippen molar-refractivity contribution in [2.24, 2.45) is 5.73 Å². The van der Waals surface area contributed by atoms with Crippen LogP contribution in [0, 0.1) is 0 Å². The van der Waals surface area contributed by atoms with Crippen molar-refractivity contribution in [3.05, 3.63) is 0 Å². The molecular formula is C5H9NO2S3. The maximum atomic E-state index is 10.9. The summed E-state index contributed by atoms with van der Waals surface area (Å²) in [5, 5.41) is -0.310. The Morgan fingerprint density at radius 3 is 2.45 bits per heavy atom. The minimum atomic E-state index is -0.574. The molecule has 11 heavy (non-hydrogen) atoms. The van der Waals surface area contributed by atoms with E-state index < -0.39 is 6.04 Å². The number of thiol groups is 1. The topological polar surface area (TPSA) is 60.2 Å². The SMILES string of the molecule is CC(=O)SSC(=O)[C@@H](N)CS. The lowest BCUT2D eigenvalue weighted by molar-refractivity contribution is -0.112. The van der Waals surface area contributed by atoms with Crippen molar-refractivity contribution >= 4 is 44.4 Å². The molecule has 6 heteroatoms. The van der Waals surface area contributed by atoms with E-state index in [-0.39, 0.29) is 10.2 Å². The maximum Gasteiger partial charge on any atom is 0.217 e. The van der Waals surface area contributed by atoms with Crippen LogP contribution in [0.1, 0.15) is 6.92 Å². The Bertz CT molecular complexity index is 162. The largest absolute Gasteiger partial charge is 0.320 e. The Kier molecular flexibility index (Phi) is 6.12. The highest BCUT2D eigenvalue weighted by atomic mass is 33.1. The van der Waals surface area contributed by atoms with Gasteiger partial charge in [0.25, 0.3) is 0 Å². The van der Waals surface area contributed by atoms with E-state index in [1.807, 2.05) is 0 Å². The molecule has 0 unspecified atom stereocenters. The van der Waals surface area contributed by atoms with Gasteiger partial charge in [-0.1, -0.05) is 0 Å². The second-order valence-corrected chi connectivity index (χ2v) is 4.44. The van der Waals surface area contributed by atoms with Gasteiger partial charge >= 0.3 is 0 Å². The molecular weight excluding hydrogens is 202 g/mol. The van der Waals surface area contributed by atoms with Crippen molar-refractivity contribution in [2.45, 2.75) is 13.0 Å². The van der Waals surface area contributed by atoms with Crippen molar-refractivity contribution in [1.82, 2.24) is 0 Å². The smallest absolute Gasteiger partial charge is 0.217 e. The molecule has 0 heterocycles. The Morgan fingerprint density at radius 1 is 1.55 bits per heavy atom. The standard InChI is InChI=1S/C5H9NO2S3/c1-3(7)10-11-5(8)4(6)2-9/h4,9H,2,6H2,1H3/t4-/m0/s1. The molecule has 0 radical (unpaired) electrons. The van der Waals surface area contributed by atoms with E-state index in [0.29, 0.717) is 5.75 Å². The third-order valence-electron chi connectivity index (χ3n) is 0.741. The highest BCUT2D eigenvalue weighted by Crippen LogP contribution is 2.23. The molecule has 0 fully saturated rings. The van der Waals surface area contributed by atoms with Crippen LogP contribution in [0.2, 0.25) is 0 Å². The van der Waals surface area contributed by atoms with E-state index in [1.165, 1.54) is 6.92 Å². The molecule has 2 N–H and O–H groups in total. The minimum Gasteiger partial charge on any atom is -0.320 e. The fourth-order valence-corrected chi connectivity index (χ4v) is 1.90. The Balaban J connectivity index is 3.60. The van der Waals surface area contributed by atoms with Crippen LogP contribution in [0.15, 0.2) is 0 Å². The number of rotatable bonds is 2. The molecule has 0 aromatic rings. The van der Waals surface area contributed by atoms with Gasteiger partial charge in [0.1, 0.15) is 0 Å². The van der Waals surface area contributed by atoms with Crippen LogP contribution in [-0.2, 0) is 9.59 Å². The molecule has 0 aliphatic rings. The fourth-order valence-electron chi connectivity index (χ4n) is 0.236. The average Bonchev–Trinajstić information content (AvgIpc) is 1.98. The van der Waals surface area contributed by atoms with E-state index in [4.69, 9.17) is 5.73 Å². The molecule has 0 saturated heterocycles. The van der Waals surface area contributed by atoms with Crippen molar-refractivity contribution in [2.75, 3.05) is 5.75 Å². The Labute approximate surface area is 78.7 Å². The second kappa shape index (κ2) is 5.93. The quantitative estimate of drug-likeness (QED) is 0.520. The van der Waals surface area contributed by atoms with Gasteiger partial charge in [-0.05, 0) is 21.6 Å². The monoisotopic (exact) mass is 211 g/mol. The Hall–Kier alpha value is 0.350. The molecule has 3 nitrogen and oxygen atoms in total. The highest BCUT2D eigenvalue weighted by molar-refractivity contribution is 8.87. The summed E-state index contributed by atoms with van der Waals surface area (Å²) in [5.41, 5.74) is 5.33. The first kappa shape index (κ1) is 11.4. The molecule has 0 rings (SSSR count). The summed E-state index contributed by atoms with van der Waals surface area (Å²) in [5.74, 6) is 0.310. The van der Waals surface area contributed by atoms with Crippen LogP contribution in [-0.4, -0.2) is 22.0 Å². The van der Waals surface area contributed by atoms with Crippen LogP contribution in [0.5, 0.6) is 0 Å². The van der Waals surface area contributed by atoms with Gasteiger partial charge in [0, 0.05) is 12.7 Å². The first-order valence-corrected chi connectivity index (χ1v) is 5.61. The summed E-state index contributed by atoms with van der Waals surface area (Å²) in [6.45, 7) is 1.40. The maximum absolute atomic E-state index is 10.9. The molecule has 0 aromatic heterocycles. The number of hydrogen-bond acceptors (Lipinski definition) is 6. The van der Waals surface area contributed by atoms with E-state index >= 15 is 0 Å². The zero-order chi connectivity index (χ0) is 8.85. The number of carbonyl (C=O) groups is 2. The predicted octanol–water partition coefficient (Wildman–Crippen LogP) is 0.698. The van der Waals surface area contributed by atoms with Crippen LogP contribution in [0.25, 0.3) is 0 Å². The van der Waals surface area contributed by atoms with E-state index in [2.05, 4.69) is 12.6 Å². The lowest BCUT2D eigenvalue weighted by atomic mass is 10.4. The van der Waals surface area contributed by atoms with Gasteiger partial charge in [-0.3, -0.25) is 9.59 Å². The molecule has 0 aliphatic carbocycles. The second-order valence-electron chi connectivity index (χ2n) is 1.77. The number of nitrogens with two attached hydrogens (primary N) is 1. The first-order chi connectivity index (χ1) is 5.07. The summed E-state index contributed by atoms with van der Waals surface area (Å²) in [6, 6.07) is -0.574. The molecule has 64 valence electrons. The molecule has 0 spiro atoms. The summed E-state index contributed by atoms with van der Waals surface area (Å²) < 4.78 is 0. The molecule has 1 atom stereocenters. The zero-order valence-electron chi connectivity index (χ0n) is 5.94. The fraction of sp³-hybridized carbons (Fsp3) is 0.600. The van der Waals surface area contributed by atoms with E-state index in [0.717, 1.165) is 21.6 Å². The van der Waals surface area contributed by atoms with E-state index in [1.54, 1.807) is 0 Å². The van der Waals surface area contributed by atoms with Gasteiger partial charge in [0.2, 0.25) is 5.12 Å². The van der Waals surface area contributed by atoms with Crippen LogP contribution in [0.4, 0.5) is 0 Å². The Morgan fingerprint density at radius 2 is 2.09 bits per heavy atom. The molecule has 0 aliphatic heterocycles. The van der Waals surface area contributed by atoms with E-state index in [9.17, 15) is 9.59 Å². The summed E-state index contributed by atoms with van der Waals surface area (Å²) >= 11 is 3.85. The third kappa shape index (κ3) is 5.60. The van der Waals surface area contributed by atoms with Crippen LogP contribution >= 0.6 is 34.2 Å². The third-order valence-corrected chi connectivity index (χ3v) is 3.37. The highest BCUT2D eigenvalue weighted by Gasteiger charge is 2.13. The van der Waals surface area contributed by atoms with Crippen LogP contribution < -0.4 is 5.73 Å². The van der Waals surface area contributed by atoms with Crippen LogP contribution in [0.3, 0.4) is 0 Å². The summed E-state index contributed by atoms with van der Waals surface area (Å²) in [6.07, 6.45) is 0. The summed E-state index contributed by atoms with van der Waals surface area (Å²) in [7, 11) is 1.77. The van der Waals surface area contributed by atoms with Crippen molar-refractivity contribution in [3.8, 4) is 0 Å². The zero-order valence-corrected chi connectivity index (χ0v) is 8.47. The van der Waals surface area contributed by atoms with Gasteiger partial charge < -0.3 is 5.73 Å². The van der Waals surface area contributed by atoms with Gasteiger partial charge in [-0.25, -0.2) is 0 Å². The average molecular weight is 211 g/mol. The summed E-state index contributed by atoms with van der Waals surface area (Å²) in [4.78, 5) is 21.3. The lowest BCUT2D eigenvalue weighted by Crippen LogP contribution is -2.29. The molecule has 0 bridgehead atoms. The van der Waals surface area contributed by atoms with Crippen molar-refractivity contribution in [1.29, 1.82) is 0 Å². The van der Waals surface area contributed by atoms with Gasteiger partial charge in [-0.15, -0.1) is 0 Å². The van der Waals surface area contributed by atoms with Crippen molar-refractivity contribution in [3.63, 3.8) is 0 Å². The van der Waals surface area contributed by atoms with Gasteiger partial charge in [0.15, 0.2) is 5.12 Å². The minimum absolute atomic E-state index is 0.102. The first-order valence-electron chi connectivity index (χ1n) is 2.83. The van der Waals surface area contributed by atoms with Gasteiger partial charge in [-0.2, -0.15) is 12.6 Å². The molecule has 0 amide bonds. The molecule has 0 saturated carbocycles. The lowest BCUT2D eigenvalue weighted by Gasteiger charge is -2.03. The normalized spacial score (nSPS) is 12.6. The van der Waals surface area contributed by atoms with Crippen molar-refractivity contribution < 1.29 is 9.59 Å². The predicted molar refractivity (Wildman–Crippen MR) is 52.7 cm³/mol.